The van der Waals surface area contributed by atoms with Crippen molar-refractivity contribution in [3.63, 3.8) is 0 Å². The molecule has 0 saturated carbocycles. The first-order valence-corrected chi connectivity index (χ1v) is 10.1. The van der Waals surface area contributed by atoms with E-state index in [4.69, 9.17) is 9.47 Å². The van der Waals surface area contributed by atoms with Crippen molar-refractivity contribution in [2.24, 2.45) is 4.99 Å². The maximum Gasteiger partial charge on any atom is 0.194 e. The summed E-state index contributed by atoms with van der Waals surface area (Å²) in [5.74, 6) is 1.88. The van der Waals surface area contributed by atoms with Crippen molar-refractivity contribution in [2.75, 3.05) is 33.4 Å². The van der Waals surface area contributed by atoms with E-state index in [1.807, 2.05) is 25.5 Å². The van der Waals surface area contributed by atoms with Gasteiger partial charge in [0.15, 0.2) is 5.96 Å². The van der Waals surface area contributed by atoms with Crippen LogP contribution in [-0.2, 0) is 22.6 Å². The number of morpholine rings is 1. The van der Waals surface area contributed by atoms with Gasteiger partial charge in [-0.3, -0.25) is 4.99 Å². The summed E-state index contributed by atoms with van der Waals surface area (Å²) in [6.07, 6.45) is 6.42. The molecule has 4 rings (SSSR count). The van der Waals surface area contributed by atoms with Gasteiger partial charge in [-0.2, -0.15) is 0 Å². The zero-order valence-corrected chi connectivity index (χ0v) is 16.5. The fourth-order valence-corrected chi connectivity index (χ4v) is 3.91. The van der Waals surface area contributed by atoms with Gasteiger partial charge in [-0.05, 0) is 18.4 Å². The number of rotatable bonds is 5. The maximum absolute atomic E-state index is 5.96. The van der Waals surface area contributed by atoms with Crippen LogP contribution in [0.1, 0.15) is 24.2 Å². The minimum absolute atomic E-state index is 0.120. The van der Waals surface area contributed by atoms with Crippen LogP contribution in [0.25, 0.3) is 0 Å². The minimum Gasteiger partial charge on any atom is -0.375 e. The fraction of sp³-hybridized carbons (Fsp3) is 0.524. The highest BCUT2D eigenvalue weighted by Gasteiger charge is 2.32. The van der Waals surface area contributed by atoms with Crippen LogP contribution in [0.15, 0.2) is 47.7 Å². The lowest BCUT2D eigenvalue weighted by molar-refractivity contribution is -0.0817. The number of guanidine groups is 1. The van der Waals surface area contributed by atoms with Gasteiger partial charge >= 0.3 is 0 Å². The van der Waals surface area contributed by atoms with Crippen molar-refractivity contribution in [3.05, 3.63) is 54.1 Å². The highest BCUT2D eigenvalue weighted by Crippen LogP contribution is 2.21. The van der Waals surface area contributed by atoms with Crippen LogP contribution in [0.3, 0.4) is 0 Å². The number of aliphatic imine (C=N–C) groups is 1. The molecule has 7 heteroatoms. The van der Waals surface area contributed by atoms with Crippen molar-refractivity contribution >= 4 is 5.96 Å². The second kappa shape index (κ2) is 9.21. The Morgan fingerprint density at radius 2 is 2.07 bits per heavy atom. The van der Waals surface area contributed by atoms with Crippen LogP contribution < -0.4 is 5.32 Å². The average Bonchev–Trinajstić information content (AvgIpc) is 3.42. The van der Waals surface area contributed by atoms with Crippen LogP contribution in [0.5, 0.6) is 0 Å². The molecule has 0 radical (unpaired) electrons. The first kappa shape index (κ1) is 19.0. The van der Waals surface area contributed by atoms with E-state index in [9.17, 15) is 0 Å². The molecule has 2 atom stereocenters. The Labute approximate surface area is 166 Å². The number of nitrogens with one attached hydrogen (secondary N) is 1. The SMILES string of the molecule is CN=C(NCc1nccn1Cc1ccccc1)N1CCOC(C2CCCO2)C1. The Hall–Kier alpha value is -2.38. The molecule has 7 nitrogen and oxygen atoms in total. The predicted octanol–water partition coefficient (Wildman–Crippen LogP) is 1.89. The van der Waals surface area contributed by atoms with E-state index in [1.165, 1.54) is 5.56 Å². The highest BCUT2D eigenvalue weighted by atomic mass is 16.5. The smallest absolute Gasteiger partial charge is 0.194 e. The fourth-order valence-electron chi connectivity index (χ4n) is 3.91. The molecular weight excluding hydrogens is 354 g/mol. The lowest BCUT2D eigenvalue weighted by Crippen LogP contribution is -2.53. The lowest BCUT2D eigenvalue weighted by Gasteiger charge is -2.37. The van der Waals surface area contributed by atoms with Crippen molar-refractivity contribution in [1.29, 1.82) is 0 Å². The van der Waals surface area contributed by atoms with Crippen LogP contribution >= 0.6 is 0 Å². The molecule has 1 aromatic carbocycles. The number of ether oxygens (including phenoxy) is 2. The molecular formula is C21H29N5O2. The molecule has 28 heavy (non-hydrogen) atoms. The first-order valence-electron chi connectivity index (χ1n) is 10.1. The second-order valence-corrected chi connectivity index (χ2v) is 7.26. The molecule has 2 fully saturated rings. The third-order valence-electron chi connectivity index (χ3n) is 5.39. The van der Waals surface area contributed by atoms with Crippen LogP contribution in [0.2, 0.25) is 0 Å². The lowest BCUT2D eigenvalue weighted by atomic mass is 10.1. The Balaban J connectivity index is 1.35. The first-order chi connectivity index (χ1) is 13.8. The van der Waals surface area contributed by atoms with Gasteiger partial charge in [-0.25, -0.2) is 4.98 Å². The van der Waals surface area contributed by atoms with E-state index in [0.717, 1.165) is 50.9 Å². The molecule has 3 heterocycles. The Kier molecular flexibility index (Phi) is 6.24. The number of hydrogen-bond acceptors (Lipinski definition) is 4. The third-order valence-corrected chi connectivity index (χ3v) is 5.39. The molecule has 0 bridgehead atoms. The van der Waals surface area contributed by atoms with E-state index in [-0.39, 0.29) is 12.2 Å². The van der Waals surface area contributed by atoms with Crippen molar-refractivity contribution < 1.29 is 9.47 Å². The number of aromatic nitrogens is 2. The monoisotopic (exact) mass is 383 g/mol. The molecule has 2 aromatic rings. The number of nitrogens with zero attached hydrogens (tertiary/aromatic N) is 4. The molecule has 1 N–H and O–H groups in total. The summed E-state index contributed by atoms with van der Waals surface area (Å²) in [5.41, 5.74) is 1.26. The van der Waals surface area contributed by atoms with Crippen molar-refractivity contribution in [3.8, 4) is 0 Å². The number of benzene rings is 1. The molecule has 2 unspecified atom stereocenters. The topological polar surface area (TPSA) is 63.9 Å². The van der Waals surface area contributed by atoms with Gasteiger partial charge in [0.05, 0.1) is 19.3 Å². The summed E-state index contributed by atoms with van der Waals surface area (Å²) in [7, 11) is 1.83. The molecule has 0 amide bonds. The number of hydrogen-bond donors (Lipinski definition) is 1. The molecule has 0 spiro atoms. The number of imidazole rings is 1. The van der Waals surface area contributed by atoms with E-state index < -0.39 is 0 Å². The van der Waals surface area contributed by atoms with Gasteiger partial charge in [-0.1, -0.05) is 30.3 Å². The largest absolute Gasteiger partial charge is 0.375 e. The Morgan fingerprint density at radius 1 is 1.21 bits per heavy atom. The summed E-state index contributed by atoms with van der Waals surface area (Å²) < 4.78 is 13.9. The van der Waals surface area contributed by atoms with Crippen LogP contribution in [-0.4, -0.2) is 66.0 Å². The van der Waals surface area contributed by atoms with Crippen LogP contribution in [0, 0.1) is 0 Å². The van der Waals surface area contributed by atoms with E-state index in [1.54, 1.807) is 0 Å². The average molecular weight is 383 g/mol. The van der Waals surface area contributed by atoms with Gasteiger partial charge < -0.3 is 24.3 Å². The summed E-state index contributed by atoms with van der Waals surface area (Å²) in [6, 6.07) is 10.4. The van der Waals surface area contributed by atoms with Gasteiger partial charge in [0.2, 0.25) is 0 Å². The van der Waals surface area contributed by atoms with Gasteiger partial charge in [0.25, 0.3) is 0 Å². The van der Waals surface area contributed by atoms with E-state index in [2.05, 4.69) is 49.0 Å². The molecule has 1 aromatic heterocycles. The normalized spacial score (nSPS) is 23.2. The summed E-state index contributed by atoms with van der Waals surface area (Å²) in [4.78, 5) is 11.3. The van der Waals surface area contributed by atoms with E-state index >= 15 is 0 Å². The van der Waals surface area contributed by atoms with Crippen molar-refractivity contribution in [2.45, 2.75) is 38.1 Å². The Bertz CT molecular complexity index is 770. The molecule has 2 aliphatic heterocycles. The minimum atomic E-state index is 0.120. The van der Waals surface area contributed by atoms with Gasteiger partial charge in [-0.15, -0.1) is 0 Å². The zero-order valence-electron chi connectivity index (χ0n) is 16.5. The summed E-state index contributed by atoms with van der Waals surface area (Å²) in [5, 5.41) is 3.48. The zero-order chi connectivity index (χ0) is 19.2. The van der Waals surface area contributed by atoms with Crippen molar-refractivity contribution in [1.82, 2.24) is 19.8 Å². The Morgan fingerprint density at radius 3 is 2.86 bits per heavy atom. The third kappa shape index (κ3) is 4.54. The predicted molar refractivity (Wildman–Crippen MR) is 108 cm³/mol. The summed E-state index contributed by atoms with van der Waals surface area (Å²) in [6.45, 7) is 4.64. The van der Waals surface area contributed by atoms with Gasteiger partial charge in [0, 0.05) is 45.7 Å². The second-order valence-electron chi connectivity index (χ2n) is 7.26. The van der Waals surface area contributed by atoms with E-state index in [0.29, 0.717) is 13.2 Å². The van der Waals surface area contributed by atoms with Crippen LogP contribution in [0.4, 0.5) is 0 Å². The summed E-state index contributed by atoms with van der Waals surface area (Å²) >= 11 is 0. The van der Waals surface area contributed by atoms with Gasteiger partial charge in [0.1, 0.15) is 11.9 Å². The maximum atomic E-state index is 5.96. The molecule has 2 saturated heterocycles. The quantitative estimate of drug-likeness (QED) is 0.631. The molecule has 150 valence electrons. The highest BCUT2D eigenvalue weighted by molar-refractivity contribution is 5.79. The standard InChI is InChI=1S/C21H29N5O2/c1-22-21(26-11-13-28-19(16-26)18-8-5-12-27-18)24-14-20-23-9-10-25(20)15-17-6-3-2-4-7-17/h2-4,6-7,9-10,18-19H,5,8,11-16H2,1H3,(H,22,24). The molecule has 0 aliphatic carbocycles. The molecule has 2 aliphatic rings.